The van der Waals surface area contributed by atoms with E-state index in [4.69, 9.17) is 16.3 Å². The molecule has 0 fully saturated rings. The highest BCUT2D eigenvalue weighted by Crippen LogP contribution is 2.31. The third-order valence-electron chi connectivity index (χ3n) is 3.97. The zero-order valence-corrected chi connectivity index (χ0v) is 18.0. The van der Waals surface area contributed by atoms with Crippen LogP contribution in [-0.4, -0.2) is 23.0 Å². The van der Waals surface area contributed by atoms with Crippen LogP contribution in [0.3, 0.4) is 0 Å². The molecule has 0 aliphatic rings. The lowest BCUT2D eigenvalue weighted by molar-refractivity contribution is -0.385. The van der Waals surface area contributed by atoms with E-state index in [1.807, 2.05) is 0 Å². The number of nitro groups is 1. The van der Waals surface area contributed by atoms with Gasteiger partial charge in [0.15, 0.2) is 0 Å². The summed E-state index contributed by atoms with van der Waals surface area (Å²) < 4.78 is 6.07. The second-order valence-corrected chi connectivity index (χ2v) is 7.41. The number of halogens is 2. The minimum Gasteiger partial charge on any atom is -0.415 e. The fourth-order valence-corrected chi connectivity index (χ4v) is 2.85. The molecule has 31 heavy (non-hydrogen) atoms. The number of nitro benzene ring substituents is 1. The maximum atomic E-state index is 12.5. The van der Waals surface area contributed by atoms with E-state index in [0.717, 1.165) is 10.7 Å². The van der Waals surface area contributed by atoms with Gasteiger partial charge in [-0.05, 0) is 54.6 Å². The monoisotopic (exact) mass is 501 g/mol. The first kappa shape index (κ1) is 22.1. The van der Waals surface area contributed by atoms with Crippen LogP contribution in [0.15, 0.2) is 76.3 Å². The van der Waals surface area contributed by atoms with Gasteiger partial charge in [0.25, 0.3) is 5.91 Å². The van der Waals surface area contributed by atoms with Crippen molar-refractivity contribution < 1.29 is 19.2 Å². The Morgan fingerprint density at radius 2 is 1.68 bits per heavy atom. The fourth-order valence-electron chi connectivity index (χ4n) is 2.46. The van der Waals surface area contributed by atoms with Gasteiger partial charge in [0.1, 0.15) is 0 Å². The first-order valence-corrected chi connectivity index (χ1v) is 9.86. The number of carbonyl (C=O) groups excluding carboxylic acids is 2. The molecule has 0 saturated heterocycles. The largest absolute Gasteiger partial charge is 0.415 e. The number of ether oxygens (including phenoxy) is 1. The highest BCUT2D eigenvalue weighted by atomic mass is 79.9. The summed E-state index contributed by atoms with van der Waals surface area (Å²) >= 11 is 9.06. The first-order valence-electron chi connectivity index (χ1n) is 8.69. The van der Waals surface area contributed by atoms with Crippen molar-refractivity contribution in [3.8, 4) is 5.75 Å². The number of hydrazone groups is 1. The van der Waals surface area contributed by atoms with E-state index in [1.54, 1.807) is 24.3 Å². The predicted molar refractivity (Wildman–Crippen MR) is 119 cm³/mol. The minimum absolute atomic E-state index is 0.135. The quantitative estimate of drug-likeness (QED) is 0.168. The Balaban J connectivity index is 1.83. The number of carbonyl (C=O) groups is 2. The van der Waals surface area contributed by atoms with E-state index in [2.05, 4.69) is 26.5 Å². The summed E-state index contributed by atoms with van der Waals surface area (Å²) in [6.45, 7) is 0. The maximum Gasteiger partial charge on any atom is 0.343 e. The van der Waals surface area contributed by atoms with Gasteiger partial charge in [-0.3, -0.25) is 14.9 Å². The van der Waals surface area contributed by atoms with Gasteiger partial charge < -0.3 is 4.74 Å². The van der Waals surface area contributed by atoms with Crippen LogP contribution in [0.1, 0.15) is 26.3 Å². The van der Waals surface area contributed by atoms with Crippen molar-refractivity contribution in [2.45, 2.75) is 0 Å². The Kier molecular flexibility index (Phi) is 7.11. The number of nitrogens with one attached hydrogen (secondary N) is 1. The van der Waals surface area contributed by atoms with Crippen molar-refractivity contribution in [3.63, 3.8) is 0 Å². The van der Waals surface area contributed by atoms with Crippen LogP contribution in [0.4, 0.5) is 5.69 Å². The third kappa shape index (κ3) is 5.74. The molecule has 0 radical (unpaired) electrons. The average molecular weight is 503 g/mol. The Morgan fingerprint density at radius 3 is 2.32 bits per heavy atom. The number of nitrogens with zero attached hydrogens (tertiary/aromatic N) is 2. The third-order valence-corrected chi connectivity index (χ3v) is 4.75. The van der Waals surface area contributed by atoms with Crippen molar-refractivity contribution >= 4 is 51.3 Å². The lowest BCUT2D eigenvalue weighted by Gasteiger charge is -2.08. The number of hydrogen-bond donors (Lipinski definition) is 1. The SMILES string of the molecule is O=C(N/N=C/c1cccc([N+](=O)[O-])c1OC(=O)c1ccc(Br)cc1)c1ccc(Cl)cc1. The van der Waals surface area contributed by atoms with Crippen molar-refractivity contribution in [1.29, 1.82) is 0 Å². The second-order valence-electron chi connectivity index (χ2n) is 6.06. The molecule has 0 unspecified atom stereocenters. The molecule has 0 aromatic heterocycles. The topological polar surface area (TPSA) is 111 Å². The predicted octanol–water partition coefficient (Wildman–Crippen LogP) is 4.99. The standard InChI is InChI=1S/C21H13BrClN3O5/c22-16-8-4-14(5-9-16)21(28)31-19-15(2-1-3-18(19)26(29)30)12-24-25-20(27)13-6-10-17(23)11-7-13/h1-12H,(H,25,27)/b24-12+. The average Bonchev–Trinajstić information content (AvgIpc) is 2.75. The second kappa shape index (κ2) is 9.96. The summed E-state index contributed by atoms with van der Waals surface area (Å²) in [6.07, 6.45) is 1.16. The summed E-state index contributed by atoms with van der Waals surface area (Å²) in [5, 5.41) is 15.7. The molecule has 3 rings (SSSR count). The summed E-state index contributed by atoms with van der Waals surface area (Å²) in [6, 6.07) is 16.6. The number of hydrogen-bond acceptors (Lipinski definition) is 6. The molecule has 3 aromatic rings. The van der Waals surface area contributed by atoms with Gasteiger partial charge in [0.2, 0.25) is 5.75 Å². The Hall–Kier alpha value is -3.56. The number of benzene rings is 3. The van der Waals surface area contributed by atoms with Gasteiger partial charge in [-0.2, -0.15) is 5.10 Å². The smallest absolute Gasteiger partial charge is 0.343 e. The van der Waals surface area contributed by atoms with Crippen LogP contribution in [0.5, 0.6) is 5.75 Å². The summed E-state index contributed by atoms with van der Waals surface area (Å²) in [4.78, 5) is 35.3. The maximum absolute atomic E-state index is 12.5. The molecule has 1 amide bonds. The molecule has 0 spiro atoms. The van der Waals surface area contributed by atoms with Crippen molar-refractivity contribution in [3.05, 3.63) is 103 Å². The van der Waals surface area contributed by atoms with Gasteiger partial charge >= 0.3 is 11.7 Å². The molecule has 1 N–H and O–H groups in total. The van der Waals surface area contributed by atoms with E-state index in [0.29, 0.717) is 10.6 Å². The van der Waals surface area contributed by atoms with Crippen LogP contribution in [0.25, 0.3) is 0 Å². The fraction of sp³-hybridized carbons (Fsp3) is 0. The lowest BCUT2D eigenvalue weighted by atomic mass is 10.2. The molecule has 0 heterocycles. The van der Waals surface area contributed by atoms with Crippen LogP contribution < -0.4 is 10.2 Å². The van der Waals surface area contributed by atoms with Crippen LogP contribution in [0.2, 0.25) is 5.02 Å². The van der Waals surface area contributed by atoms with Crippen molar-refractivity contribution in [2.24, 2.45) is 5.10 Å². The van der Waals surface area contributed by atoms with E-state index < -0.39 is 22.5 Å². The molecular weight excluding hydrogens is 490 g/mol. The van der Waals surface area contributed by atoms with Crippen molar-refractivity contribution in [2.75, 3.05) is 0 Å². The Bertz CT molecular complexity index is 1160. The molecule has 0 bridgehead atoms. The number of para-hydroxylation sites is 1. The Morgan fingerprint density at radius 1 is 1.03 bits per heavy atom. The normalized spacial score (nSPS) is 10.6. The zero-order valence-electron chi connectivity index (χ0n) is 15.6. The van der Waals surface area contributed by atoms with E-state index >= 15 is 0 Å². The van der Waals surface area contributed by atoms with Gasteiger partial charge in [0, 0.05) is 26.7 Å². The molecule has 156 valence electrons. The van der Waals surface area contributed by atoms with E-state index in [-0.39, 0.29) is 16.9 Å². The minimum atomic E-state index is -0.776. The van der Waals surface area contributed by atoms with Crippen LogP contribution >= 0.6 is 27.5 Å². The highest BCUT2D eigenvalue weighted by Gasteiger charge is 2.22. The number of amides is 1. The van der Waals surface area contributed by atoms with Gasteiger partial charge in [-0.1, -0.05) is 33.6 Å². The molecule has 3 aromatic carbocycles. The van der Waals surface area contributed by atoms with Crippen LogP contribution in [0, 0.1) is 10.1 Å². The highest BCUT2D eigenvalue weighted by molar-refractivity contribution is 9.10. The van der Waals surface area contributed by atoms with Gasteiger partial charge in [-0.15, -0.1) is 0 Å². The van der Waals surface area contributed by atoms with Gasteiger partial charge in [-0.25, -0.2) is 10.2 Å². The summed E-state index contributed by atoms with van der Waals surface area (Å²) in [5.74, 6) is -1.57. The molecule has 0 aliphatic carbocycles. The molecule has 0 saturated carbocycles. The van der Waals surface area contributed by atoms with Crippen LogP contribution in [-0.2, 0) is 0 Å². The molecular formula is C21H13BrClN3O5. The van der Waals surface area contributed by atoms with Crippen molar-refractivity contribution in [1.82, 2.24) is 5.43 Å². The number of rotatable bonds is 6. The molecule has 0 atom stereocenters. The summed E-state index contributed by atoms with van der Waals surface area (Å²) in [7, 11) is 0. The zero-order chi connectivity index (χ0) is 22.4. The molecule has 0 aliphatic heterocycles. The number of esters is 1. The van der Waals surface area contributed by atoms with E-state index in [1.165, 1.54) is 42.5 Å². The van der Waals surface area contributed by atoms with E-state index in [9.17, 15) is 19.7 Å². The Labute approximate surface area is 189 Å². The first-order chi connectivity index (χ1) is 14.8. The molecule has 10 heteroatoms. The lowest BCUT2D eigenvalue weighted by Crippen LogP contribution is -2.17. The summed E-state index contributed by atoms with van der Waals surface area (Å²) in [5.41, 5.74) is 2.55. The van der Waals surface area contributed by atoms with Gasteiger partial charge in [0.05, 0.1) is 16.7 Å². The molecule has 8 nitrogen and oxygen atoms in total.